The van der Waals surface area contributed by atoms with Crippen molar-refractivity contribution in [2.75, 3.05) is 7.11 Å². The van der Waals surface area contributed by atoms with E-state index in [-0.39, 0.29) is 5.75 Å². The van der Waals surface area contributed by atoms with Gasteiger partial charge < -0.3 is 14.6 Å². The molecule has 0 spiro atoms. The molecule has 0 aliphatic carbocycles. The minimum Gasteiger partial charge on any atom is -0.507 e. The zero-order valence-electron chi connectivity index (χ0n) is 12.7. The molecule has 0 radical (unpaired) electrons. The highest BCUT2D eigenvalue weighted by atomic mass is 16.5. The number of hydrogen-bond acceptors (Lipinski definition) is 3. The van der Waals surface area contributed by atoms with Crippen LogP contribution in [0, 0.1) is 6.92 Å². The Morgan fingerprint density at radius 3 is 2.45 bits per heavy atom. The highest BCUT2D eigenvalue weighted by Crippen LogP contribution is 2.39. The van der Waals surface area contributed by atoms with Crippen molar-refractivity contribution in [1.82, 2.24) is 0 Å². The molecule has 0 bridgehead atoms. The van der Waals surface area contributed by atoms with E-state index >= 15 is 0 Å². The van der Waals surface area contributed by atoms with E-state index in [2.05, 4.69) is 0 Å². The summed E-state index contributed by atoms with van der Waals surface area (Å²) in [4.78, 5) is 0. The molecule has 3 rings (SSSR count). The van der Waals surface area contributed by atoms with Crippen molar-refractivity contribution in [3.8, 4) is 17.2 Å². The predicted octanol–water partition coefficient (Wildman–Crippen LogP) is 4.44. The fraction of sp³-hybridized carbons (Fsp3) is 0.158. The molecule has 112 valence electrons. The van der Waals surface area contributed by atoms with Gasteiger partial charge in [-0.25, -0.2) is 0 Å². The molecule has 0 saturated carbocycles. The van der Waals surface area contributed by atoms with Gasteiger partial charge in [0.05, 0.1) is 12.5 Å². The van der Waals surface area contributed by atoms with Crippen LogP contribution in [0.2, 0.25) is 0 Å². The van der Waals surface area contributed by atoms with Crippen LogP contribution in [0.3, 0.4) is 0 Å². The molecule has 0 saturated heterocycles. The Kier molecular flexibility index (Phi) is 3.88. The summed E-state index contributed by atoms with van der Waals surface area (Å²) in [7, 11) is 1.62. The van der Waals surface area contributed by atoms with Gasteiger partial charge in [0.2, 0.25) is 0 Å². The standard InChI is InChI=1S/C19H18O3/c1-13-10-15-17(21-2)9-8-16(20)19(15)18(11-13)22-12-14-6-4-3-5-7-14/h3-11,20H,12H2,1-2H3. The zero-order chi connectivity index (χ0) is 15.5. The maximum atomic E-state index is 10.2. The SMILES string of the molecule is COc1ccc(O)c2c(OCc3ccccc3)cc(C)cc12. The van der Waals surface area contributed by atoms with Gasteiger partial charge in [-0.05, 0) is 42.3 Å². The largest absolute Gasteiger partial charge is 0.507 e. The molecule has 0 aliphatic rings. The topological polar surface area (TPSA) is 38.7 Å². The van der Waals surface area contributed by atoms with Gasteiger partial charge in [0.1, 0.15) is 23.9 Å². The van der Waals surface area contributed by atoms with Crippen LogP contribution < -0.4 is 9.47 Å². The number of aromatic hydroxyl groups is 1. The highest BCUT2D eigenvalue weighted by Gasteiger charge is 2.12. The summed E-state index contributed by atoms with van der Waals surface area (Å²) in [5.74, 6) is 1.58. The lowest BCUT2D eigenvalue weighted by atomic mass is 10.0. The van der Waals surface area contributed by atoms with Crippen LogP contribution in [0.15, 0.2) is 54.6 Å². The lowest BCUT2D eigenvalue weighted by Crippen LogP contribution is -1.97. The van der Waals surface area contributed by atoms with Crippen LogP contribution in [0.4, 0.5) is 0 Å². The number of fused-ring (bicyclic) bond motifs is 1. The van der Waals surface area contributed by atoms with Crippen molar-refractivity contribution in [1.29, 1.82) is 0 Å². The Labute approximate surface area is 129 Å². The Morgan fingerprint density at radius 2 is 1.73 bits per heavy atom. The fourth-order valence-corrected chi connectivity index (χ4v) is 2.57. The number of phenolic OH excluding ortho intramolecular Hbond substituents is 1. The monoisotopic (exact) mass is 294 g/mol. The van der Waals surface area contributed by atoms with E-state index in [9.17, 15) is 5.11 Å². The molecule has 0 heterocycles. The van der Waals surface area contributed by atoms with Gasteiger partial charge >= 0.3 is 0 Å². The van der Waals surface area contributed by atoms with Gasteiger partial charge in [0, 0.05) is 5.39 Å². The number of rotatable bonds is 4. The van der Waals surface area contributed by atoms with Gasteiger partial charge in [-0.1, -0.05) is 30.3 Å². The summed E-state index contributed by atoms with van der Waals surface area (Å²) < 4.78 is 11.3. The van der Waals surface area contributed by atoms with Crippen LogP contribution in [-0.2, 0) is 6.61 Å². The summed E-state index contributed by atoms with van der Waals surface area (Å²) in [6.45, 7) is 2.45. The molecule has 0 unspecified atom stereocenters. The van der Waals surface area contributed by atoms with Crippen LogP contribution in [0.5, 0.6) is 17.2 Å². The minimum absolute atomic E-state index is 0.193. The van der Waals surface area contributed by atoms with Gasteiger partial charge in [-0.3, -0.25) is 0 Å². The smallest absolute Gasteiger partial charge is 0.131 e. The fourth-order valence-electron chi connectivity index (χ4n) is 2.57. The number of aryl methyl sites for hydroxylation is 1. The molecular formula is C19H18O3. The van der Waals surface area contributed by atoms with Gasteiger partial charge in [-0.15, -0.1) is 0 Å². The van der Waals surface area contributed by atoms with Gasteiger partial charge in [0.25, 0.3) is 0 Å². The van der Waals surface area contributed by atoms with Crippen molar-refractivity contribution in [2.24, 2.45) is 0 Å². The molecule has 0 amide bonds. The van der Waals surface area contributed by atoms with Crippen molar-refractivity contribution >= 4 is 10.8 Å². The Hall–Kier alpha value is -2.68. The third-order valence-corrected chi connectivity index (χ3v) is 3.62. The molecule has 0 atom stereocenters. The maximum absolute atomic E-state index is 10.2. The second kappa shape index (κ2) is 5.98. The number of phenols is 1. The Balaban J connectivity index is 2.05. The second-order valence-corrected chi connectivity index (χ2v) is 5.25. The summed E-state index contributed by atoms with van der Waals surface area (Å²) in [6.07, 6.45) is 0. The molecule has 3 nitrogen and oxygen atoms in total. The maximum Gasteiger partial charge on any atom is 0.131 e. The molecule has 1 N–H and O–H groups in total. The first-order chi connectivity index (χ1) is 10.7. The van der Waals surface area contributed by atoms with E-state index < -0.39 is 0 Å². The van der Waals surface area contributed by atoms with Gasteiger partial charge in [0.15, 0.2) is 0 Å². The summed E-state index contributed by atoms with van der Waals surface area (Å²) in [5, 5.41) is 11.8. The number of ether oxygens (including phenoxy) is 2. The number of hydrogen-bond donors (Lipinski definition) is 1. The highest BCUT2D eigenvalue weighted by molar-refractivity contribution is 5.98. The summed E-state index contributed by atoms with van der Waals surface area (Å²) in [6, 6.07) is 17.3. The molecule has 3 heteroatoms. The van der Waals surface area contributed by atoms with Gasteiger partial charge in [-0.2, -0.15) is 0 Å². The van der Waals surface area contributed by atoms with Crippen molar-refractivity contribution in [3.05, 3.63) is 65.7 Å². The lowest BCUT2D eigenvalue weighted by molar-refractivity contribution is 0.309. The molecule has 0 fully saturated rings. The van der Waals surface area contributed by atoms with E-state index in [4.69, 9.17) is 9.47 Å². The Bertz CT molecular complexity index is 795. The summed E-state index contributed by atoms with van der Waals surface area (Å²) in [5.41, 5.74) is 2.14. The zero-order valence-corrected chi connectivity index (χ0v) is 12.7. The van der Waals surface area contributed by atoms with Crippen LogP contribution >= 0.6 is 0 Å². The average Bonchev–Trinajstić information content (AvgIpc) is 2.53. The van der Waals surface area contributed by atoms with E-state index in [0.29, 0.717) is 17.7 Å². The molecule has 0 aromatic heterocycles. The first-order valence-corrected chi connectivity index (χ1v) is 7.16. The van der Waals surface area contributed by atoms with Crippen molar-refractivity contribution < 1.29 is 14.6 Å². The number of methoxy groups -OCH3 is 1. The molecule has 3 aromatic carbocycles. The van der Waals surface area contributed by atoms with Crippen molar-refractivity contribution in [2.45, 2.75) is 13.5 Å². The van der Waals surface area contributed by atoms with Crippen LogP contribution in [-0.4, -0.2) is 12.2 Å². The Morgan fingerprint density at radius 1 is 0.955 bits per heavy atom. The molecular weight excluding hydrogens is 276 g/mol. The van der Waals surface area contributed by atoms with Crippen LogP contribution in [0.1, 0.15) is 11.1 Å². The van der Waals surface area contributed by atoms with E-state index in [1.807, 2.05) is 49.4 Å². The van der Waals surface area contributed by atoms with Crippen molar-refractivity contribution in [3.63, 3.8) is 0 Å². The third kappa shape index (κ3) is 2.70. The molecule has 22 heavy (non-hydrogen) atoms. The molecule has 0 aliphatic heterocycles. The number of benzene rings is 3. The average molecular weight is 294 g/mol. The van der Waals surface area contributed by atoms with E-state index in [0.717, 1.165) is 22.3 Å². The lowest BCUT2D eigenvalue weighted by Gasteiger charge is -2.14. The molecule has 3 aromatic rings. The summed E-state index contributed by atoms with van der Waals surface area (Å²) >= 11 is 0. The van der Waals surface area contributed by atoms with E-state index in [1.54, 1.807) is 19.2 Å². The minimum atomic E-state index is 0.193. The normalized spacial score (nSPS) is 10.6. The third-order valence-electron chi connectivity index (χ3n) is 3.62. The first kappa shape index (κ1) is 14.3. The first-order valence-electron chi connectivity index (χ1n) is 7.16. The van der Waals surface area contributed by atoms with Crippen LogP contribution in [0.25, 0.3) is 10.8 Å². The second-order valence-electron chi connectivity index (χ2n) is 5.25. The quantitative estimate of drug-likeness (QED) is 0.773. The predicted molar refractivity (Wildman–Crippen MR) is 87.7 cm³/mol. The van der Waals surface area contributed by atoms with E-state index in [1.165, 1.54) is 0 Å².